The van der Waals surface area contributed by atoms with Crippen molar-refractivity contribution < 1.29 is 28.6 Å². The fraction of sp³-hybridized carbons (Fsp3) is 0.759. The molecule has 0 bridgehead atoms. The Morgan fingerprint density at radius 1 is 0.333 bits per heavy atom. The number of hydrogen-bond donors (Lipinski definition) is 0. The van der Waals surface area contributed by atoms with Crippen LogP contribution in [-0.2, 0) is 28.6 Å². The standard InChI is InChI=1S/C54H94O6/c1-4-7-10-13-16-19-22-24-26-27-28-29-31-32-35-38-41-44-47-53(56)59-50-51(49-58-52(55)46-43-40-37-34-21-18-15-12-9-6-3)60-54(57)48-45-42-39-36-33-30-25-23-20-17-14-11-8-5-2/h15,18,22,24,26-30,33,51H,4-14,16-17,19-21,23,25,31-32,34-50H2,1-3H3/b18-15-,24-22-,27-26-,29-28-,33-30-. The maximum atomic E-state index is 12.8. The Balaban J connectivity index is 4.41. The lowest BCUT2D eigenvalue weighted by Crippen LogP contribution is -2.30. The molecule has 0 heterocycles. The second-order valence-corrected chi connectivity index (χ2v) is 16.8. The number of esters is 3. The van der Waals surface area contributed by atoms with E-state index in [1.54, 1.807) is 0 Å². The van der Waals surface area contributed by atoms with Crippen molar-refractivity contribution in [2.24, 2.45) is 0 Å². The van der Waals surface area contributed by atoms with E-state index >= 15 is 0 Å². The van der Waals surface area contributed by atoms with Crippen molar-refractivity contribution in [3.05, 3.63) is 60.8 Å². The highest BCUT2D eigenvalue weighted by Crippen LogP contribution is 2.13. The van der Waals surface area contributed by atoms with Crippen LogP contribution in [-0.4, -0.2) is 37.2 Å². The number of unbranched alkanes of at least 4 members (excludes halogenated alkanes) is 26. The minimum absolute atomic E-state index is 0.0932. The highest BCUT2D eigenvalue weighted by molar-refractivity contribution is 5.71. The fourth-order valence-corrected chi connectivity index (χ4v) is 6.89. The summed E-state index contributed by atoms with van der Waals surface area (Å²) in [4.78, 5) is 37.9. The second-order valence-electron chi connectivity index (χ2n) is 16.8. The summed E-state index contributed by atoms with van der Waals surface area (Å²) in [5.74, 6) is -0.941. The predicted molar refractivity (Wildman–Crippen MR) is 256 cm³/mol. The molecule has 6 heteroatoms. The van der Waals surface area contributed by atoms with Gasteiger partial charge in [-0.15, -0.1) is 0 Å². The van der Waals surface area contributed by atoms with Gasteiger partial charge in [-0.05, 0) is 89.9 Å². The van der Waals surface area contributed by atoms with Gasteiger partial charge in [-0.25, -0.2) is 0 Å². The summed E-state index contributed by atoms with van der Waals surface area (Å²) in [5, 5.41) is 0. The summed E-state index contributed by atoms with van der Waals surface area (Å²) in [6.07, 6.45) is 59.2. The van der Waals surface area contributed by atoms with Gasteiger partial charge in [0, 0.05) is 19.3 Å². The Morgan fingerprint density at radius 2 is 0.633 bits per heavy atom. The molecule has 0 N–H and O–H groups in total. The molecule has 0 aromatic heterocycles. The third-order valence-corrected chi connectivity index (χ3v) is 10.8. The molecule has 346 valence electrons. The molecule has 0 radical (unpaired) electrons. The van der Waals surface area contributed by atoms with Crippen LogP contribution >= 0.6 is 0 Å². The third kappa shape index (κ3) is 46.2. The second kappa shape index (κ2) is 48.8. The molecule has 0 aromatic carbocycles. The Bertz CT molecular complexity index is 1100. The van der Waals surface area contributed by atoms with E-state index in [1.807, 2.05) is 0 Å². The van der Waals surface area contributed by atoms with Gasteiger partial charge in [0.2, 0.25) is 0 Å². The first-order chi connectivity index (χ1) is 29.5. The largest absolute Gasteiger partial charge is 0.462 e. The lowest BCUT2D eigenvalue weighted by atomic mass is 10.1. The van der Waals surface area contributed by atoms with Gasteiger partial charge in [0.05, 0.1) is 0 Å². The van der Waals surface area contributed by atoms with E-state index in [0.29, 0.717) is 19.3 Å². The average Bonchev–Trinajstić information content (AvgIpc) is 3.24. The number of hydrogen-bond acceptors (Lipinski definition) is 6. The van der Waals surface area contributed by atoms with Crippen LogP contribution in [0.4, 0.5) is 0 Å². The van der Waals surface area contributed by atoms with Crippen molar-refractivity contribution >= 4 is 17.9 Å². The molecule has 0 aliphatic rings. The summed E-state index contributed by atoms with van der Waals surface area (Å²) < 4.78 is 16.7. The van der Waals surface area contributed by atoms with Gasteiger partial charge in [0.1, 0.15) is 13.2 Å². The lowest BCUT2D eigenvalue weighted by Gasteiger charge is -2.18. The van der Waals surface area contributed by atoms with E-state index in [4.69, 9.17) is 14.2 Å². The molecular weight excluding hydrogens is 745 g/mol. The zero-order valence-corrected chi connectivity index (χ0v) is 39.5. The van der Waals surface area contributed by atoms with Crippen LogP contribution in [0.1, 0.15) is 245 Å². The van der Waals surface area contributed by atoms with Crippen molar-refractivity contribution in [1.82, 2.24) is 0 Å². The predicted octanol–water partition coefficient (Wildman–Crippen LogP) is 16.5. The molecule has 1 atom stereocenters. The molecule has 6 nitrogen and oxygen atoms in total. The third-order valence-electron chi connectivity index (χ3n) is 10.8. The molecule has 0 fully saturated rings. The molecule has 0 saturated carbocycles. The normalized spacial score (nSPS) is 12.5. The Labute approximate surface area is 370 Å². The van der Waals surface area contributed by atoms with E-state index in [-0.39, 0.29) is 31.1 Å². The van der Waals surface area contributed by atoms with Crippen LogP contribution in [0, 0.1) is 0 Å². The first-order valence-electron chi connectivity index (χ1n) is 25.3. The van der Waals surface area contributed by atoms with Crippen LogP contribution in [0.15, 0.2) is 60.8 Å². The summed E-state index contributed by atoms with van der Waals surface area (Å²) >= 11 is 0. The topological polar surface area (TPSA) is 78.9 Å². The van der Waals surface area contributed by atoms with Gasteiger partial charge >= 0.3 is 17.9 Å². The maximum absolute atomic E-state index is 12.8. The van der Waals surface area contributed by atoms with E-state index < -0.39 is 6.10 Å². The van der Waals surface area contributed by atoms with Crippen molar-refractivity contribution in [2.75, 3.05) is 13.2 Å². The average molecular weight is 839 g/mol. The number of ether oxygens (including phenoxy) is 3. The molecule has 0 amide bonds. The highest BCUT2D eigenvalue weighted by Gasteiger charge is 2.19. The van der Waals surface area contributed by atoms with Crippen LogP contribution in [0.5, 0.6) is 0 Å². The number of carbonyl (C=O) groups excluding carboxylic acids is 3. The van der Waals surface area contributed by atoms with Crippen LogP contribution in [0.25, 0.3) is 0 Å². The molecule has 0 spiro atoms. The minimum Gasteiger partial charge on any atom is -0.462 e. The molecule has 0 saturated heterocycles. The summed E-state index contributed by atoms with van der Waals surface area (Å²) in [6.45, 7) is 6.53. The summed E-state index contributed by atoms with van der Waals surface area (Å²) in [7, 11) is 0. The molecule has 0 aliphatic heterocycles. The van der Waals surface area contributed by atoms with Gasteiger partial charge in [0.25, 0.3) is 0 Å². The van der Waals surface area contributed by atoms with E-state index in [0.717, 1.165) is 109 Å². The Kier molecular flexibility index (Phi) is 46.4. The van der Waals surface area contributed by atoms with Gasteiger partial charge < -0.3 is 14.2 Å². The van der Waals surface area contributed by atoms with Crippen molar-refractivity contribution in [1.29, 1.82) is 0 Å². The minimum atomic E-state index is -0.793. The summed E-state index contributed by atoms with van der Waals surface area (Å²) in [6, 6.07) is 0. The van der Waals surface area contributed by atoms with E-state index in [9.17, 15) is 14.4 Å². The van der Waals surface area contributed by atoms with Crippen molar-refractivity contribution in [3.8, 4) is 0 Å². The van der Waals surface area contributed by atoms with Crippen molar-refractivity contribution in [2.45, 2.75) is 252 Å². The molecule has 0 aliphatic carbocycles. The van der Waals surface area contributed by atoms with Crippen LogP contribution in [0.3, 0.4) is 0 Å². The summed E-state index contributed by atoms with van der Waals surface area (Å²) in [5.41, 5.74) is 0. The Morgan fingerprint density at radius 3 is 1.03 bits per heavy atom. The van der Waals surface area contributed by atoms with Gasteiger partial charge in [-0.3, -0.25) is 14.4 Å². The van der Waals surface area contributed by atoms with Crippen LogP contribution < -0.4 is 0 Å². The first-order valence-corrected chi connectivity index (χ1v) is 25.3. The van der Waals surface area contributed by atoms with Gasteiger partial charge in [-0.2, -0.15) is 0 Å². The van der Waals surface area contributed by atoms with E-state index in [2.05, 4.69) is 81.5 Å². The molecular formula is C54H94O6. The van der Waals surface area contributed by atoms with Gasteiger partial charge in [0.15, 0.2) is 6.10 Å². The zero-order valence-electron chi connectivity index (χ0n) is 39.5. The fourth-order valence-electron chi connectivity index (χ4n) is 6.89. The number of rotatable bonds is 45. The molecule has 0 aromatic rings. The smallest absolute Gasteiger partial charge is 0.306 e. The lowest BCUT2D eigenvalue weighted by molar-refractivity contribution is -0.167. The number of carbonyl (C=O) groups is 3. The molecule has 60 heavy (non-hydrogen) atoms. The monoisotopic (exact) mass is 839 g/mol. The van der Waals surface area contributed by atoms with Crippen LogP contribution in [0.2, 0.25) is 0 Å². The highest BCUT2D eigenvalue weighted by atomic mass is 16.6. The zero-order chi connectivity index (χ0) is 43.7. The molecule has 1 unspecified atom stereocenters. The first kappa shape index (κ1) is 57.1. The van der Waals surface area contributed by atoms with Crippen molar-refractivity contribution in [3.63, 3.8) is 0 Å². The number of allylic oxidation sites excluding steroid dienone is 10. The quantitative estimate of drug-likeness (QED) is 0.0200. The molecule has 0 rings (SSSR count). The SMILES string of the molecule is CCCC/C=C\CCCCCCC(=O)OCC(COC(=O)CCCCCCC\C=C/C=C\C=C/CCCCCCC)OC(=O)CCCCC/C=C\CCCCCCCCC. The Hall–Kier alpha value is -2.89. The van der Waals surface area contributed by atoms with E-state index in [1.165, 1.54) is 96.3 Å². The van der Waals surface area contributed by atoms with Gasteiger partial charge in [-0.1, -0.05) is 197 Å². The maximum Gasteiger partial charge on any atom is 0.306 e.